The maximum atomic E-state index is 13.5. The molecule has 29 heavy (non-hydrogen) atoms. The van der Waals surface area contributed by atoms with E-state index in [4.69, 9.17) is 9.15 Å². The highest BCUT2D eigenvalue weighted by atomic mass is 19.1. The fourth-order valence-electron chi connectivity index (χ4n) is 2.47. The fraction of sp³-hybridized carbons (Fsp3) is 0.0952. The molecule has 8 heteroatoms. The maximum Gasteiger partial charge on any atom is 0.374 e. The molecule has 0 saturated carbocycles. The highest BCUT2D eigenvalue weighted by molar-refractivity contribution is 5.95. The highest BCUT2D eigenvalue weighted by Crippen LogP contribution is 2.23. The molecule has 3 rings (SSSR count). The van der Waals surface area contributed by atoms with E-state index in [1.807, 2.05) is 5.32 Å². The first-order valence-electron chi connectivity index (χ1n) is 8.47. The van der Waals surface area contributed by atoms with Crippen LogP contribution in [0, 0.1) is 11.6 Å². The molecule has 1 aromatic heterocycles. The van der Waals surface area contributed by atoms with Crippen LogP contribution in [0.3, 0.4) is 0 Å². The van der Waals surface area contributed by atoms with Gasteiger partial charge in [0.1, 0.15) is 23.1 Å². The molecule has 148 valence electrons. The zero-order valence-electron chi connectivity index (χ0n) is 15.2. The molecular weight excluding hydrogens is 384 g/mol. The van der Waals surface area contributed by atoms with E-state index in [0.29, 0.717) is 16.9 Å². The molecule has 1 heterocycles. The van der Waals surface area contributed by atoms with E-state index in [2.05, 4.69) is 0 Å². The minimum Gasteiger partial charge on any atom is -0.450 e. The van der Waals surface area contributed by atoms with Gasteiger partial charge in [-0.3, -0.25) is 9.59 Å². The molecule has 0 bridgehead atoms. The van der Waals surface area contributed by atoms with Gasteiger partial charge in [-0.05, 0) is 31.2 Å². The number of anilines is 1. The molecule has 1 amide bonds. The van der Waals surface area contributed by atoms with E-state index in [0.717, 1.165) is 18.2 Å². The van der Waals surface area contributed by atoms with Crippen molar-refractivity contribution >= 4 is 23.3 Å². The van der Waals surface area contributed by atoms with E-state index < -0.39 is 35.8 Å². The number of carbonyl (C=O) groups is 3. The van der Waals surface area contributed by atoms with Crippen LogP contribution >= 0.6 is 0 Å². The summed E-state index contributed by atoms with van der Waals surface area (Å²) >= 11 is 0. The van der Waals surface area contributed by atoms with Gasteiger partial charge in [-0.25, -0.2) is 13.6 Å². The summed E-state index contributed by atoms with van der Waals surface area (Å²) in [7, 11) is 0. The molecular formula is C21H15F2NO5. The summed E-state index contributed by atoms with van der Waals surface area (Å²) in [5.74, 6) is -3.58. The number of halogens is 2. The second-order valence-electron chi connectivity index (χ2n) is 6.02. The summed E-state index contributed by atoms with van der Waals surface area (Å²) in [5.41, 5.74) is 0.557. The first kappa shape index (κ1) is 19.9. The second-order valence-corrected chi connectivity index (χ2v) is 6.02. The Labute approximate surface area is 164 Å². The Morgan fingerprint density at radius 2 is 1.62 bits per heavy atom. The van der Waals surface area contributed by atoms with Crippen LogP contribution in [0.4, 0.5) is 14.5 Å². The number of hydrogen-bond donors (Lipinski definition) is 1. The Morgan fingerprint density at radius 1 is 0.966 bits per heavy atom. The molecule has 0 radical (unpaired) electrons. The van der Waals surface area contributed by atoms with Crippen LogP contribution in [-0.4, -0.2) is 24.3 Å². The summed E-state index contributed by atoms with van der Waals surface area (Å²) in [5, 5.41) is 2.01. The first-order chi connectivity index (χ1) is 13.8. The third-order valence-corrected chi connectivity index (χ3v) is 3.94. The summed E-state index contributed by atoms with van der Waals surface area (Å²) in [6, 6.07) is 12.6. The van der Waals surface area contributed by atoms with Crippen LogP contribution in [0.15, 0.2) is 59.0 Å². The van der Waals surface area contributed by atoms with Crippen molar-refractivity contribution < 1.29 is 32.3 Å². The van der Waals surface area contributed by atoms with Crippen LogP contribution in [0.2, 0.25) is 0 Å². The van der Waals surface area contributed by atoms with Crippen LogP contribution in [-0.2, 0) is 9.53 Å². The van der Waals surface area contributed by atoms with Crippen LogP contribution in [0.5, 0.6) is 0 Å². The van der Waals surface area contributed by atoms with Crippen molar-refractivity contribution in [3.05, 3.63) is 77.6 Å². The Balaban J connectivity index is 1.60. The zero-order valence-corrected chi connectivity index (χ0v) is 15.2. The van der Waals surface area contributed by atoms with Crippen molar-refractivity contribution in [2.75, 3.05) is 11.9 Å². The molecule has 0 fully saturated rings. The minimum atomic E-state index is -0.948. The number of esters is 1. The summed E-state index contributed by atoms with van der Waals surface area (Å²) < 4.78 is 37.2. The fourth-order valence-corrected chi connectivity index (χ4v) is 2.47. The normalized spacial score (nSPS) is 10.4. The van der Waals surface area contributed by atoms with Crippen molar-refractivity contribution in [3.8, 4) is 11.3 Å². The predicted octanol–water partition coefficient (Wildman–Crippen LogP) is 4.22. The van der Waals surface area contributed by atoms with E-state index in [1.54, 1.807) is 24.3 Å². The van der Waals surface area contributed by atoms with Crippen LogP contribution in [0.25, 0.3) is 11.3 Å². The van der Waals surface area contributed by atoms with Crippen molar-refractivity contribution in [2.45, 2.75) is 6.92 Å². The molecule has 2 aromatic carbocycles. The lowest BCUT2D eigenvalue weighted by Crippen LogP contribution is -2.22. The SMILES string of the molecule is CC(=O)c1ccc(-c2ccc(C(=O)OCC(=O)Nc3c(F)cccc3F)o2)cc1. The predicted molar refractivity (Wildman–Crippen MR) is 99.4 cm³/mol. The third-order valence-electron chi connectivity index (χ3n) is 3.94. The number of Topliss-reactive ketones (excluding diaryl/α,β-unsaturated/α-hetero) is 1. The Kier molecular flexibility index (Phi) is 5.82. The number of carbonyl (C=O) groups excluding carboxylic acids is 3. The van der Waals surface area contributed by atoms with Crippen LogP contribution < -0.4 is 5.32 Å². The van der Waals surface area contributed by atoms with Gasteiger partial charge in [0.25, 0.3) is 5.91 Å². The van der Waals surface area contributed by atoms with Gasteiger partial charge in [0.05, 0.1) is 0 Å². The lowest BCUT2D eigenvalue weighted by atomic mass is 10.1. The number of para-hydroxylation sites is 1. The molecule has 0 unspecified atom stereocenters. The largest absolute Gasteiger partial charge is 0.450 e. The monoisotopic (exact) mass is 399 g/mol. The number of hydrogen-bond acceptors (Lipinski definition) is 5. The average molecular weight is 399 g/mol. The molecule has 0 spiro atoms. The highest BCUT2D eigenvalue weighted by Gasteiger charge is 2.17. The number of ether oxygens (including phenoxy) is 1. The lowest BCUT2D eigenvalue weighted by molar-refractivity contribution is -0.119. The van der Waals surface area contributed by atoms with Gasteiger partial charge < -0.3 is 14.5 Å². The molecule has 0 aliphatic heterocycles. The van der Waals surface area contributed by atoms with Gasteiger partial charge in [-0.15, -0.1) is 0 Å². The van der Waals surface area contributed by atoms with Crippen molar-refractivity contribution in [1.82, 2.24) is 0 Å². The maximum absolute atomic E-state index is 13.5. The third kappa shape index (κ3) is 4.73. The Hall–Kier alpha value is -3.81. The van der Waals surface area contributed by atoms with Gasteiger partial charge in [0, 0.05) is 11.1 Å². The number of nitrogens with one attached hydrogen (secondary N) is 1. The van der Waals surface area contributed by atoms with Gasteiger partial charge in [-0.1, -0.05) is 30.3 Å². The van der Waals surface area contributed by atoms with Gasteiger partial charge >= 0.3 is 5.97 Å². The molecule has 0 atom stereocenters. The number of rotatable bonds is 6. The average Bonchev–Trinajstić information content (AvgIpc) is 3.19. The topological polar surface area (TPSA) is 85.6 Å². The van der Waals surface area contributed by atoms with Crippen molar-refractivity contribution in [1.29, 1.82) is 0 Å². The second kappa shape index (κ2) is 8.47. The zero-order chi connectivity index (χ0) is 21.0. The van der Waals surface area contributed by atoms with Gasteiger partial charge in [-0.2, -0.15) is 0 Å². The van der Waals surface area contributed by atoms with Crippen molar-refractivity contribution in [3.63, 3.8) is 0 Å². The first-order valence-corrected chi connectivity index (χ1v) is 8.47. The number of benzene rings is 2. The number of amides is 1. The molecule has 1 N–H and O–H groups in total. The minimum absolute atomic E-state index is 0.0752. The molecule has 0 aliphatic rings. The number of ketones is 1. The van der Waals surface area contributed by atoms with Crippen molar-refractivity contribution in [2.24, 2.45) is 0 Å². The van der Waals surface area contributed by atoms with E-state index in [1.165, 1.54) is 19.1 Å². The molecule has 0 saturated heterocycles. The lowest BCUT2D eigenvalue weighted by Gasteiger charge is -2.07. The van der Waals surface area contributed by atoms with E-state index in [9.17, 15) is 23.2 Å². The standard InChI is InChI=1S/C21H15F2NO5/c1-12(25)13-5-7-14(8-6-13)17-9-10-18(29-17)21(27)28-11-19(26)24-20-15(22)3-2-4-16(20)23/h2-10H,11H2,1H3,(H,24,26). The van der Waals surface area contributed by atoms with E-state index >= 15 is 0 Å². The summed E-state index contributed by atoms with van der Waals surface area (Å²) in [6.45, 7) is 0.697. The Bertz CT molecular complexity index is 1050. The Morgan fingerprint density at radius 3 is 2.24 bits per heavy atom. The van der Waals surface area contributed by atoms with E-state index in [-0.39, 0.29) is 11.5 Å². The molecule has 0 aliphatic carbocycles. The quantitative estimate of drug-likeness (QED) is 0.495. The molecule has 6 nitrogen and oxygen atoms in total. The summed E-state index contributed by atoms with van der Waals surface area (Å²) in [4.78, 5) is 35.1. The van der Waals surface area contributed by atoms with Gasteiger partial charge in [0.15, 0.2) is 12.4 Å². The number of furan rings is 1. The van der Waals surface area contributed by atoms with Crippen LogP contribution in [0.1, 0.15) is 27.8 Å². The smallest absolute Gasteiger partial charge is 0.374 e. The molecule has 3 aromatic rings. The summed E-state index contributed by atoms with van der Waals surface area (Å²) in [6.07, 6.45) is 0. The van der Waals surface area contributed by atoms with Gasteiger partial charge in [0.2, 0.25) is 5.76 Å².